The molecule has 5 heteroatoms. The molecule has 0 aliphatic carbocycles. The van der Waals surface area contributed by atoms with Gasteiger partial charge in [-0.05, 0) is 13.0 Å². The van der Waals surface area contributed by atoms with Crippen LogP contribution in [0, 0.1) is 0 Å². The highest BCUT2D eigenvalue weighted by atomic mass is 16.4. The standard InChI is InChI=1S/C9H12N2O3/c1-6(9(13)14)10-7-4-3-5-8(12)11(7)2/h3-6,10H,1-2H3,(H,13,14)/t6-/m1/s1. The normalized spacial score (nSPS) is 12.1. The Hall–Kier alpha value is -1.78. The molecular weight excluding hydrogens is 184 g/mol. The molecule has 76 valence electrons. The zero-order valence-corrected chi connectivity index (χ0v) is 8.02. The third kappa shape index (κ3) is 2.12. The topological polar surface area (TPSA) is 71.3 Å². The van der Waals surface area contributed by atoms with Crippen LogP contribution in [-0.4, -0.2) is 21.7 Å². The second kappa shape index (κ2) is 3.95. The third-order valence-corrected chi connectivity index (χ3v) is 1.92. The molecule has 0 radical (unpaired) electrons. The van der Waals surface area contributed by atoms with Crippen molar-refractivity contribution in [1.82, 2.24) is 4.57 Å². The lowest BCUT2D eigenvalue weighted by atomic mass is 10.3. The highest BCUT2D eigenvalue weighted by Crippen LogP contribution is 2.03. The van der Waals surface area contributed by atoms with Crippen molar-refractivity contribution in [2.75, 3.05) is 5.32 Å². The van der Waals surface area contributed by atoms with Gasteiger partial charge >= 0.3 is 5.97 Å². The van der Waals surface area contributed by atoms with Gasteiger partial charge in [0.05, 0.1) is 0 Å². The quantitative estimate of drug-likeness (QED) is 0.728. The summed E-state index contributed by atoms with van der Waals surface area (Å²) in [5, 5.41) is 11.4. The predicted octanol–water partition coefficient (Wildman–Crippen LogP) is 0.270. The number of hydrogen-bond acceptors (Lipinski definition) is 3. The lowest BCUT2D eigenvalue weighted by Gasteiger charge is -2.13. The Kier molecular flexibility index (Phi) is 2.91. The molecule has 0 unspecified atom stereocenters. The molecule has 1 aromatic rings. The minimum Gasteiger partial charge on any atom is -0.480 e. The number of pyridine rings is 1. The molecule has 0 bridgehead atoms. The molecule has 5 nitrogen and oxygen atoms in total. The van der Waals surface area contributed by atoms with E-state index in [1.807, 2.05) is 0 Å². The van der Waals surface area contributed by atoms with Crippen molar-refractivity contribution in [3.8, 4) is 0 Å². The first-order valence-corrected chi connectivity index (χ1v) is 4.17. The summed E-state index contributed by atoms with van der Waals surface area (Å²) >= 11 is 0. The van der Waals surface area contributed by atoms with Gasteiger partial charge in [-0.2, -0.15) is 0 Å². The summed E-state index contributed by atoms with van der Waals surface area (Å²) in [6.07, 6.45) is 0. The zero-order valence-electron chi connectivity index (χ0n) is 8.02. The van der Waals surface area contributed by atoms with Gasteiger partial charge in [0.15, 0.2) is 0 Å². The van der Waals surface area contributed by atoms with Gasteiger partial charge in [0, 0.05) is 13.1 Å². The Bertz CT molecular complexity index is 397. The first kappa shape index (κ1) is 10.3. The molecule has 0 aliphatic rings. The van der Waals surface area contributed by atoms with Crippen molar-refractivity contribution in [3.63, 3.8) is 0 Å². The number of rotatable bonds is 3. The molecule has 0 fully saturated rings. The highest BCUT2D eigenvalue weighted by molar-refractivity contribution is 5.76. The molecule has 0 saturated carbocycles. The van der Waals surface area contributed by atoms with Gasteiger partial charge < -0.3 is 10.4 Å². The molecule has 0 spiro atoms. The van der Waals surface area contributed by atoms with Crippen molar-refractivity contribution in [2.45, 2.75) is 13.0 Å². The third-order valence-electron chi connectivity index (χ3n) is 1.92. The molecule has 1 heterocycles. The maximum Gasteiger partial charge on any atom is 0.325 e. The molecular formula is C9H12N2O3. The summed E-state index contributed by atoms with van der Waals surface area (Å²) in [7, 11) is 1.58. The van der Waals surface area contributed by atoms with Gasteiger partial charge in [-0.15, -0.1) is 0 Å². The molecule has 0 saturated heterocycles. The van der Waals surface area contributed by atoms with E-state index in [-0.39, 0.29) is 5.56 Å². The van der Waals surface area contributed by atoms with Crippen LogP contribution in [0.1, 0.15) is 6.92 Å². The maximum absolute atomic E-state index is 11.2. The highest BCUT2D eigenvalue weighted by Gasteiger charge is 2.11. The minimum atomic E-state index is -0.957. The molecule has 0 amide bonds. The summed E-state index contributed by atoms with van der Waals surface area (Å²) < 4.78 is 1.36. The Morgan fingerprint density at radius 2 is 2.21 bits per heavy atom. The second-order valence-corrected chi connectivity index (χ2v) is 3.01. The molecule has 0 aliphatic heterocycles. The first-order valence-electron chi connectivity index (χ1n) is 4.17. The van der Waals surface area contributed by atoms with Gasteiger partial charge in [-0.3, -0.25) is 14.2 Å². The number of aliphatic carboxylic acids is 1. The molecule has 0 aromatic carbocycles. The van der Waals surface area contributed by atoms with E-state index in [4.69, 9.17) is 5.11 Å². The fourth-order valence-electron chi connectivity index (χ4n) is 0.992. The number of hydrogen-bond donors (Lipinski definition) is 2. The van der Waals surface area contributed by atoms with Gasteiger partial charge in [0.1, 0.15) is 11.9 Å². The van der Waals surface area contributed by atoms with Gasteiger partial charge in [-0.1, -0.05) is 6.07 Å². The fraction of sp³-hybridized carbons (Fsp3) is 0.333. The number of aromatic nitrogens is 1. The van der Waals surface area contributed by atoms with Crippen LogP contribution in [0.4, 0.5) is 5.82 Å². The van der Waals surface area contributed by atoms with Crippen LogP contribution in [0.5, 0.6) is 0 Å². The van der Waals surface area contributed by atoms with E-state index in [1.54, 1.807) is 19.2 Å². The number of nitrogens with one attached hydrogen (secondary N) is 1. The Labute approximate surface area is 81.0 Å². The van der Waals surface area contributed by atoms with Crippen LogP contribution in [0.15, 0.2) is 23.0 Å². The molecule has 1 atom stereocenters. The molecule has 1 aromatic heterocycles. The van der Waals surface area contributed by atoms with E-state index in [9.17, 15) is 9.59 Å². The largest absolute Gasteiger partial charge is 0.480 e. The Balaban J connectivity index is 2.92. The summed E-state index contributed by atoms with van der Waals surface area (Å²) in [6, 6.07) is 3.93. The zero-order chi connectivity index (χ0) is 10.7. The van der Waals surface area contributed by atoms with E-state index in [0.29, 0.717) is 5.82 Å². The lowest BCUT2D eigenvalue weighted by Crippen LogP contribution is -2.29. The lowest BCUT2D eigenvalue weighted by molar-refractivity contribution is -0.137. The van der Waals surface area contributed by atoms with Crippen LogP contribution in [0.2, 0.25) is 0 Å². The number of nitrogens with zero attached hydrogens (tertiary/aromatic N) is 1. The number of carboxylic acids is 1. The maximum atomic E-state index is 11.2. The van der Waals surface area contributed by atoms with E-state index >= 15 is 0 Å². The average Bonchev–Trinajstić information content (AvgIpc) is 2.12. The van der Waals surface area contributed by atoms with E-state index < -0.39 is 12.0 Å². The summed E-state index contributed by atoms with van der Waals surface area (Å²) in [6.45, 7) is 1.51. The van der Waals surface area contributed by atoms with Crippen LogP contribution in [0.25, 0.3) is 0 Å². The Morgan fingerprint density at radius 3 is 2.79 bits per heavy atom. The molecule has 1 rings (SSSR count). The van der Waals surface area contributed by atoms with E-state index in [0.717, 1.165) is 0 Å². The summed E-state index contributed by atoms with van der Waals surface area (Å²) in [4.78, 5) is 21.7. The first-order chi connectivity index (χ1) is 6.52. The van der Waals surface area contributed by atoms with Crippen LogP contribution in [0.3, 0.4) is 0 Å². The minimum absolute atomic E-state index is 0.174. The van der Waals surface area contributed by atoms with Gasteiger partial charge in [-0.25, -0.2) is 0 Å². The summed E-state index contributed by atoms with van der Waals surface area (Å²) in [5.41, 5.74) is -0.174. The van der Waals surface area contributed by atoms with Crippen molar-refractivity contribution >= 4 is 11.8 Å². The predicted molar refractivity (Wildman–Crippen MR) is 52.4 cm³/mol. The second-order valence-electron chi connectivity index (χ2n) is 3.01. The van der Waals surface area contributed by atoms with Crippen molar-refractivity contribution in [3.05, 3.63) is 28.6 Å². The number of anilines is 1. The van der Waals surface area contributed by atoms with Crippen LogP contribution < -0.4 is 10.9 Å². The average molecular weight is 196 g/mol. The van der Waals surface area contributed by atoms with Gasteiger partial charge in [0.2, 0.25) is 0 Å². The SMILES string of the molecule is C[C@@H](Nc1cccc(=O)n1C)C(=O)O. The van der Waals surface area contributed by atoms with Gasteiger partial charge in [0.25, 0.3) is 5.56 Å². The van der Waals surface area contributed by atoms with Crippen molar-refractivity contribution in [1.29, 1.82) is 0 Å². The van der Waals surface area contributed by atoms with Crippen LogP contribution >= 0.6 is 0 Å². The monoisotopic (exact) mass is 196 g/mol. The smallest absolute Gasteiger partial charge is 0.325 e. The summed E-state index contributed by atoms with van der Waals surface area (Å²) in [5.74, 6) is -0.464. The number of carboxylic acid groups (broad SMARTS) is 1. The van der Waals surface area contributed by atoms with Crippen molar-refractivity contribution < 1.29 is 9.90 Å². The number of carbonyl (C=O) groups is 1. The van der Waals surface area contributed by atoms with E-state index in [1.165, 1.54) is 17.6 Å². The van der Waals surface area contributed by atoms with Crippen molar-refractivity contribution in [2.24, 2.45) is 7.05 Å². The molecule has 14 heavy (non-hydrogen) atoms. The molecule has 2 N–H and O–H groups in total. The fourth-order valence-corrected chi connectivity index (χ4v) is 0.992. The van der Waals surface area contributed by atoms with Crippen LogP contribution in [-0.2, 0) is 11.8 Å². The van der Waals surface area contributed by atoms with E-state index in [2.05, 4.69) is 5.32 Å². The Morgan fingerprint density at radius 1 is 1.57 bits per heavy atom.